The SMILES string of the molecule is Cc1ccc(C(C(N)=O)N2CCN(CC(O)C3COc4cc(C)ccc4O3)CC2)cc1. The fourth-order valence-corrected chi connectivity index (χ4v) is 4.27. The minimum absolute atomic E-state index is 0.328. The van der Waals surface area contributed by atoms with Crippen molar-refractivity contribution in [1.29, 1.82) is 0 Å². The number of benzene rings is 2. The fourth-order valence-electron chi connectivity index (χ4n) is 4.27. The van der Waals surface area contributed by atoms with E-state index in [2.05, 4.69) is 9.80 Å². The number of carbonyl (C=O) groups excluding carboxylic acids is 1. The number of nitrogens with zero attached hydrogens (tertiary/aromatic N) is 2. The summed E-state index contributed by atoms with van der Waals surface area (Å²) in [6, 6.07) is 13.3. The van der Waals surface area contributed by atoms with Crippen molar-refractivity contribution in [3.63, 3.8) is 0 Å². The minimum atomic E-state index is -0.662. The van der Waals surface area contributed by atoms with Gasteiger partial charge in [-0.3, -0.25) is 14.6 Å². The number of β-amino-alcohol motifs (C(OH)–C–C–N with tert-alkyl or cyclic N) is 1. The van der Waals surface area contributed by atoms with Gasteiger partial charge < -0.3 is 20.3 Å². The largest absolute Gasteiger partial charge is 0.486 e. The molecule has 7 nitrogen and oxygen atoms in total. The van der Waals surface area contributed by atoms with Crippen LogP contribution in [-0.4, -0.2) is 72.4 Å². The van der Waals surface area contributed by atoms with Crippen molar-refractivity contribution in [3.8, 4) is 11.5 Å². The summed E-state index contributed by atoms with van der Waals surface area (Å²) < 4.78 is 11.8. The number of ether oxygens (including phenoxy) is 2. The van der Waals surface area contributed by atoms with Crippen LogP contribution in [0.3, 0.4) is 0 Å². The Balaban J connectivity index is 1.32. The van der Waals surface area contributed by atoms with E-state index in [-0.39, 0.29) is 5.91 Å². The van der Waals surface area contributed by atoms with Crippen LogP contribution in [0.2, 0.25) is 0 Å². The van der Waals surface area contributed by atoms with Crippen LogP contribution in [0.5, 0.6) is 11.5 Å². The van der Waals surface area contributed by atoms with Crippen molar-refractivity contribution in [2.24, 2.45) is 5.73 Å². The highest BCUT2D eigenvalue weighted by atomic mass is 16.6. The maximum absolute atomic E-state index is 12.2. The van der Waals surface area contributed by atoms with E-state index >= 15 is 0 Å². The maximum Gasteiger partial charge on any atom is 0.239 e. The minimum Gasteiger partial charge on any atom is -0.486 e. The molecular weight excluding hydrogens is 394 g/mol. The quantitative estimate of drug-likeness (QED) is 0.732. The van der Waals surface area contributed by atoms with Gasteiger partial charge in [-0.05, 0) is 37.1 Å². The number of piperazine rings is 1. The Bertz CT molecular complexity index is 910. The first-order valence-corrected chi connectivity index (χ1v) is 10.8. The zero-order chi connectivity index (χ0) is 22.0. The Hall–Kier alpha value is -2.61. The summed E-state index contributed by atoms with van der Waals surface area (Å²) in [7, 11) is 0. The van der Waals surface area contributed by atoms with Gasteiger partial charge in [0.15, 0.2) is 17.6 Å². The molecule has 0 aromatic heterocycles. The molecule has 2 aliphatic rings. The van der Waals surface area contributed by atoms with Gasteiger partial charge in [0, 0.05) is 32.7 Å². The van der Waals surface area contributed by atoms with E-state index in [4.69, 9.17) is 15.2 Å². The van der Waals surface area contributed by atoms with Gasteiger partial charge in [0.25, 0.3) is 0 Å². The first-order valence-electron chi connectivity index (χ1n) is 10.8. The molecule has 1 saturated heterocycles. The number of fused-ring (bicyclic) bond motifs is 1. The lowest BCUT2D eigenvalue weighted by Crippen LogP contribution is -2.54. The molecule has 3 atom stereocenters. The van der Waals surface area contributed by atoms with E-state index in [0.29, 0.717) is 32.0 Å². The van der Waals surface area contributed by atoms with Gasteiger partial charge in [-0.2, -0.15) is 0 Å². The molecule has 3 unspecified atom stereocenters. The molecule has 31 heavy (non-hydrogen) atoms. The van der Waals surface area contributed by atoms with Crippen molar-refractivity contribution in [1.82, 2.24) is 9.80 Å². The topological polar surface area (TPSA) is 88.3 Å². The maximum atomic E-state index is 12.2. The molecule has 166 valence electrons. The fraction of sp³-hybridized carbons (Fsp3) is 0.458. The van der Waals surface area contributed by atoms with Gasteiger partial charge in [-0.15, -0.1) is 0 Å². The predicted molar refractivity (Wildman–Crippen MR) is 118 cm³/mol. The molecule has 1 fully saturated rings. The average molecular weight is 426 g/mol. The van der Waals surface area contributed by atoms with Crippen LogP contribution < -0.4 is 15.2 Å². The normalized spacial score (nSPS) is 21.5. The highest BCUT2D eigenvalue weighted by molar-refractivity contribution is 5.81. The molecule has 2 heterocycles. The second-order valence-corrected chi connectivity index (χ2v) is 8.54. The highest BCUT2D eigenvalue weighted by Crippen LogP contribution is 2.33. The summed E-state index contributed by atoms with van der Waals surface area (Å²) in [5, 5.41) is 10.7. The molecule has 1 amide bonds. The van der Waals surface area contributed by atoms with Gasteiger partial charge >= 0.3 is 0 Å². The standard InChI is InChI=1S/C24H31N3O4/c1-16-3-6-18(7-4-16)23(24(25)29)27-11-9-26(10-12-27)14-19(28)22-15-30-21-13-17(2)5-8-20(21)31-22/h3-8,13,19,22-23,28H,9-12,14-15H2,1-2H3,(H2,25,29). The van der Waals surface area contributed by atoms with Crippen LogP contribution in [0.15, 0.2) is 42.5 Å². The summed E-state index contributed by atoms with van der Waals surface area (Å²) in [6.07, 6.45) is -1.07. The van der Waals surface area contributed by atoms with Crippen molar-refractivity contribution in [2.45, 2.75) is 32.1 Å². The third-order valence-electron chi connectivity index (χ3n) is 6.09. The molecule has 0 aliphatic carbocycles. The second kappa shape index (κ2) is 9.26. The van der Waals surface area contributed by atoms with Gasteiger partial charge in [-0.25, -0.2) is 0 Å². The first-order chi connectivity index (χ1) is 14.9. The molecule has 0 saturated carbocycles. The molecular formula is C24H31N3O4. The summed E-state index contributed by atoms with van der Waals surface area (Å²) in [4.78, 5) is 16.5. The smallest absolute Gasteiger partial charge is 0.239 e. The predicted octanol–water partition coefficient (Wildman–Crippen LogP) is 1.65. The van der Waals surface area contributed by atoms with Crippen LogP contribution in [-0.2, 0) is 4.79 Å². The van der Waals surface area contributed by atoms with Gasteiger partial charge in [0.2, 0.25) is 5.91 Å². The average Bonchev–Trinajstić information content (AvgIpc) is 2.76. The lowest BCUT2D eigenvalue weighted by atomic mass is 10.0. The number of aliphatic hydroxyl groups is 1. The summed E-state index contributed by atoms with van der Waals surface area (Å²) in [5.74, 6) is 1.07. The molecule has 4 rings (SSSR count). The Kier molecular flexibility index (Phi) is 6.46. The summed E-state index contributed by atoms with van der Waals surface area (Å²) >= 11 is 0. The van der Waals surface area contributed by atoms with Crippen LogP contribution >= 0.6 is 0 Å². The number of primary amides is 1. The van der Waals surface area contributed by atoms with Crippen molar-refractivity contribution in [3.05, 3.63) is 59.2 Å². The van der Waals surface area contributed by atoms with E-state index in [1.807, 2.05) is 56.3 Å². The first kappa shape index (κ1) is 21.6. The lowest BCUT2D eigenvalue weighted by Gasteiger charge is -2.40. The third kappa shape index (κ3) is 5.01. The number of amides is 1. The monoisotopic (exact) mass is 425 g/mol. The van der Waals surface area contributed by atoms with E-state index in [0.717, 1.165) is 35.5 Å². The van der Waals surface area contributed by atoms with E-state index in [1.54, 1.807) is 0 Å². The number of hydrogen-bond acceptors (Lipinski definition) is 6. The number of rotatable bonds is 6. The Labute approximate surface area is 183 Å². The van der Waals surface area contributed by atoms with Gasteiger partial charge in [0.05, 0.1) is 0 Å². The summed E-state index contributed by atoms with van der Waals surface area (Å²) in [5.41, 5.74) is 8.92. The molecule has 2 aliphatic heterocycles. The van der Waals surface area contributed by atoms with Crippen LogP contribution in [0.4, 0.5) is 0 Å². The van der Waals surface area contributed by atoms with Crippen LogP contribution in [0, 0.1) is 13.8 Å². The molecule has 0 spiro atoms. The van der Waals surface area contributed by atoms with E-state index < -0.39 is 18.2 Å². The molecule has 2 aromatic carbocycles. The molecule has 0 radical (unpaired) electrons. The van der Waals surface area contributed by atoms with Crippen LogP contribution in [0.25, 0.3) is 0 Å². The molecule has 3 N–H and O–H groups in total. The third-order valence-corrected chi connectivity index (χ3v) is 6.09. The summed E-state index contributed by atoms with van der Waals surface area (Å²) in [6.45, 7) is 7.76. The van der Waals surface area contributed by atoms with Gasteiger partial charge in [0.1, 0.15) is 18.8 Å². The number of aryl methyl sites for hydroxylation is 2. The van der Waals surface area contributed by atoms with E-state index in [1.165, 1.54) is 0 Å². The molecule has 7 heteroatoms. The molecule has 2 aromatic rings. The van der Waals surface area contributed by atoms with Crippen molar-refractivity contribution in [2.75, 3.05) is 39.3 Å². The van der Waals surface area contributed by atoms with E-state index in [9.17, 15) is 9.90 Å². The Morgan fingerprint density at radius 3 is 2.42 bits per heavy atom. The zero-order valence-corrected chi connectivity index (χ0v) is 18.2. The highest BCUT2D eigenvalue weighted by Gasteiger charge is 2.32. The Morgan fingerprint density at radius 1 is 1.06 bits per heavy atom. The lowest BCUT2D eigenvalue weighted by molar-refractivity contribution is -0.124. The number of hydrogen-bond donors (Lipinski definition) is 2. The second-order valence-electron chi connectivity index (χ2n) is 8.54. The zero-order valence-electron chi connectivity index (χ0n) is 18.2. The number of nitrogens with two attached hydrogens (primary N) is 1. The van der Waals surface area contributed by atoms with Crippen molar-refractivity contribution >= 4 is 5.91 Å². The van der Waals surface area contributed by atoms with Gasteiger partial charge in [-0.1, -0.05) is 35.9 Å². The van der Waals surface area contributed by atoms with Crippen molar-refractivity contribution < 1.29 is 19.4 Å². The number of carbonyl (C=O) groups is 1. The Morgan fingerprint density at radius 2 is 1.74 bits per heavy atom. The number of aliphatic hydroxyl groups excluding tert-OH is 1. The van der Waals surface area contributed by atoms with Crippen LogP contribution in [0.1, 0.15) is 22.7 Å². The molecule has 0 bridgehead atoms.